The zero-order valence-electron chi connectivity index (χ0n) is 11.4. The average Bonchev–Trinajstić information content (AvgIpc) is 2.76. The lowest BCUT2D eigenvalue weighted by molar-refractivity contribution is -0.183. The van der Waals surface area contributed by atoms with E-state index in [4.69, 9.17) is 9.47 Å². The Morgan fingerprint density at radius 2 is 1.83 bits per heavy atom. The molecule has 1 heterocycles. The average molecular weight is 256 g/mol. The largest absolute Gasteiger partial charge is 0.481 e. The van der Waals surface area contributed by atoms with Gasteiger partial charge in [0, 0.05) is 12.8 Å². The first-order valence-corrected chi connectivity index (χ1v) is 7.03. The van der Waals surface area contributed by atoms with Gasteiger partial charge in [0.25, 0.3) is 0 Å². The summed E-state index contributed by atoms with van der Waals surface area (Å²) in [6.07, 6.45) is 4.68. The molecule has 1 aliphatic heterocycles. The van der Waals surface area contributed by atoms with E-state index in [0.29, 0.717) is 19.1 Å². The van der Waals surface area contributed by atoms with Crippen molar-refractivity contribution in [3.05, 3.63) is 0 Å². The van der Waals surface area contributed by atoms with Crippen LogP contribution in [0.2, 0.25) is 0 Å². The highest BCUT2D eigenvalue weighted by Gasteiger charge is 2.41. The van der Waals surface area contributed by atoms with Gasteiger partial charge in [-0.05, 0) is 31.1 Å². The summed E-state index contributed by atoms with van der Waals surface area (Å²) in [4.78, 5) is 11.2. The molecule has 0 amide bonds. The first-order valence-electron chi connectivity index (χ1n) is 7.03. The Morgan fingerprint density at radius 1 is 1.28 bits per heavy atom. The highest BCUT2D eigenvalue weighted by molar-refractivity contribution is 5.70. The fourth-order valence-corrected chi connectivity index (χ4v) is 3.16. The van der Waals surface area contributed by atoms with Crippen molar-refractivity contribution in [1.82, 2.24) is 0 Å². The standard InChI is InChI=1S/C14H24O4/c1-10(2)12(13(15)16)9-11-3-5-14(6-4-11)17-7-8-18-14/h10-12H,3-9H2,1-2H3,(H,15,16)/t12-/m0/s1. The summed E-state index contributed by atoms with van der Waals surface area (Å²) in [7, 11) is 0. The van der Waals surface area contributed by atoms with Crippen LogP contribution >= 0.6 is 0 Å². The molecule has 1 saturated heterocycles. The monoisotopic (exact) mass is 256 g/mol. The van der Waals surface area contributed by atoms with Gasteiger partial charge in [0.05, 0.1) is 19.1 Å². The molecular weight excluding hydrogens is 232 g/mol. The molecule has 2 aliphatic rings. The highest BCUT2D eigenvalue weighted by atomic mass is 16.7. The summed E-state index contributed by atoms with van der Waals surface area (Å²) < 4.78 is 11.4. The van der Waals surface area contributed by atoms with E-state index in [0.717, 1.165) is 32.1 Å². The SMILES string of the molecule is CC(C)[C@H](CC1CCC2(CC1)OCCO2)C(=O)O. The maximum absolute atomic E-state index is 11.2. The molecule has 1 N–H and O–H groups in total. The molecule has 0 aromatic carbocycles. The van der Waals surface area contributed by atoms with Crippen LogP contribution in [0.5, 0.6) is 0 Å². The van der Waals surface area contributed by atoms with Crippen LogP contribution in [0, 0.1) is 17.8 Å². The van der Waals surface area contributed by atoms with Gasteiger partial charge in [0.2, 0.25) is 0 Å². The quantitative estimate of drug-likeness (QED) is 0.840. The Kier molecular flexibility index (Phi) is 4.28. The van der Waals surface area contributed by atoms with Crippen LogP contribution in [0.25, 0.3) is 0 Å². The topological polar surface area (TPSA) is 55.8 Å². The summed E-state index contributed by atoms with van der Waals surface area (Å²) >= 11 is 0. The van der Waals surface area contributed by atoms with Gasteiger partial charge in [-0.15, -0.1) is 0 Å². The summed E-state index contributed by atoms with van der Waals surface area (Å²) in [6, 6.07) is 0. The lowest BCUT2D eigenvalue weighted by atomic mass is 9.77. The minimum absolute atomic E-state index is 0.206. The minimum Gasteiger partial charge on any atom is -0.481 e. The van der Waals surface area contributed by atoms with Crippen LogP contribution in [0.15, 0.2) is 0 Å². The number of aliphatic carboxylic acids is 1. The molecule has 18 heavy (non-hydrogen) atoms. The zero-order valence-corrected chi connectivity index (χ0v) is 11.4. The van der Waals surface area contributed by atoms with Crippen molar-refractivity contribution in [2.75, 3.05) is 13.2 Å². The van der Waals surface area contributed by atoms with Gasteiger partial charge in [-0.1, -0.05) is 13.8 Å². The molecule has 1 saturated carbocycles. The summed E-state index contributed by atoms with van der Waals surface area (Å²) in [5.74, 6) is -0.482. The van der Waals surface area contributed by atoms with Crippen molar-refractivity contribution in [2.45, 2.75) is 51.7 Å². The van der Waals surface area contributed by atoms with Crippen LogP contribution in [0.3, 0.4) is 0 Å². The van der Waals surface area contributed by atoms with Gasteiger partial charge in [0.1, 0.15) is 0 Å². The Morgan fingerprint density at radius 3 is 2.28 bits per heavy atom. The maximum atomic E-state index is 11.2. The molecule has 4 heteroatoms. The number of carbonyl (C=O) groups is 1. The van der Waals surface area contributed by atoms with E-state index in [1.165, 1.54) is 0 Å². The van der Waals surface area contributed by atoms with Crippen molar-refractivity contribution >= 4 is 5.97 Å². The van der Waals surface area contributed by atoms with Gasteiger partial charge < -0.3 is 14.6 Å². The van der Waals surface area contributed by atoms with Crippen molar-refractivity contribution in [3.8, 4) is 0 Å². The van der Waals surface area contributed by atoms with E-state index in [2.05, 4.69) is 0 Å². The Labute approximate surface area is 109 Å². The predicted octanol–water partition coefficient (Wildman–Crippen LogP) is 2.67. The molecule has 2 fully saturated rings. The van der Waals surface area contributed by atoms with E-state index in [-0.39, 0.29) is 17.6 Å². The third-order valence-electron chi connectivity index (χ3n) is 4.39. The van der Waals surface area contributed by atoms with Crippen molar-refractivity contribution < 1.29 is 19.4 Å². The summed E-state index contributed by atoms with van der Waals surface area (Å²) in [6.45, 7) is 5.39. The van der Waals surface area contributed by atoms with Gasteiger partial charge >= 0.3 is 5.97 Å². The smallest absolute Gasteiger partial charge is 0.306 e. The fourth-order valence-electron chi connectivity index (χ4n) is 3.16. The van der Waals surface area contributed by atoms with Crippen molar-refractivity contribution in [3.63, 3.8) is 0 Å². The highest BCUT2D eigenvalue weighted by Crippen LogP contribution is 2.40. The molecule has 4 nitrogen and oxygen atoms in total. The zero-order chi connectivity index (χ0) is 13.2. The van der Waals surface area contributed by atoms with E-state index in [1.807, 2.05) is 13.8 Å². The molecule has 1 spiro atoms. The molecular formula is C14H24O4. The second-order valence-corrected chi connectivity index (χ2v) is 5.98. The van der Waals surface area contributed by atoms with Crippen LogP contribution in [-0.2, 0) is 14.3 Å². The fraction of sp³-hybridized carbons (Fsp3) is 0.929. The molecule has 1 atom stereocenters. The van der Waals surface area contributed by atoms with Crippen LogP contribution < -0.4 is 0 Å². The van der Waals surface area contributed by atoms with E-state index >= 15 is 0 Å². The minimum atomic E-state index is -0.654. The molecule has 104 valence electrons. The molecule has 2 rings (SSSR count). The number of rotatable bonds is 4. The number of ether oxygens (including phenoxy) is 2. The van der Waals surface area contributed by atoms with E-state index in [9.17, 15) is 9.90 Å². The number of carboxylic acid groups (broad SMARTS) is 1. The van der Waals surface area contributed by atoms with Gasteiger partial charge in [-0.2, -0.15) is 0 Å². The van der Waals surface area contributed by atoms with Crippen molar-refractivity contribution in [1.29, 1.82) is 0 Å². The van der Waals surface area contributed by atoms with Crippen LogP contribution in [0.4, 0.5) is 0 Å². The van der Waals surface area contributed by atoms with Crippen molar-refractivity contribution in [2.24, 2.45) is 17.8 Å². The molecule has 1 aliphatic carbocycles. The summed E-state index contributed by atoms with van der Waals surface area (Å²) in [5, 5.41) is 9.23. The maximum Gasteiger partial charge on any atom is 0.306 e. The third-order valence-corrected chi connectivity index (χ3v) is 4.39. The van der Waals surface area contributed by atoms with E-state index in [1.54, 1.807) is 0 Å². The summed E-state index contributed by atoms with van der Waals surface area (Å²) in [5.41, 5.74) is 0. The number of hydrogen-bond donors (Lipinski definition) is 1. The van der Waals surface area contributed by atoms with Gasteiger partial charge in [0.15, 0.2) is 5.79 Å². The molecule has 0 bridgehead atoms. The second-order valence-electron chi connectivity index (χ2n) is 5.98. The van der Waals surface area contributed by atoms with Crippen LogP contribution in [0.1, 0.15) is 46.0 Å². The number of carboxylic acids is 1. The molecule has 0 unspecified atom stereocenters. The first-order chi connectivity index (χ1) is 8.52. The van der Waals surface area contributed by atoms with E-state index < -0.39 is 5.97 Å². The van der Waals surface area contributed by atoms with Gasteiger partial charge in [-0.3, -0.25) is 4.79 Å². The lowest BCUT2D eigenvalue weighted by Crippen LogP contribution is -2.36. The third kappa shape index (κ3) is 3.04. The molecule has 0 radical (unpaired) electrons. The molecule has 0 aromatic rings. The van der Waals surface area contributed by atoms with Crippen LogP contribution in [-0.4, -0.2) is 30.1 Å². The Balaban J connectivity index is 1.84. The Bertz CT molecular complexity index is 284. The predicted molar refractivity (Wildman–Crippen MR) is 67.2 cm³/mol. The first kappa shape index (κ1) is 13.8. The Hall–Kier alpha value is -0.610. The second kappa shape index (κ2) is 5.57. The number of hydrogen-bond acceptors (Lipinski definition) is 3. The lowest BCUT2D eigenvalue weighted by Gasteiger charge is -2.36. The molecule has 0 aromatic heterocycles. The normalized spacial score (nSPS) is 25.7. The van der Waals surface area contributed by atoms with Gasteiger partial charge in [-0.25, -0.2) is 0 Å².